The maximum atomic E-state index is 2.84. The van der Waals surface area contributed by atoms with E-state index in [-0.39, 0.29) is 0 Å². The predicted octanol–water partition coefficient (Wildman–Crippen LogP) is 6.91. The van der Waals surface area contributed by atoms with Gasteiger partial charge >= 0.3 is 0 Å². The van der Waals surface area contributed by atoms with Crippen molar-refractivity contribution >= 4 is 30.9 Å². The summed E-state index contributed by atoms with van der Waals surface area (Å²) in [4.78, 5) is 4.04. The van der Waals surface area contributed by atoms with E-state index >= 15 is 0 Å². The minimum atomic E-state index is -1.40. The van der Waals surface area contributed by atoms with E-state index in [1.54, 1.807) is 0 Å². The largest absolute Gasteiger partial charge is 0.181 e. The first-order valence-electron chi connectivity index (χ1n) is 10.4. The fraction of sp³-hybridized carbons (Fsp3) is 0.800. The molecule has 0 N–H and O–H groups in total. The molecule has 3 rings (SSSR count). The molecule has 0 radical (unpaired) electrons. The van der Waals surface area contributed by atoms with Crippen LogP contribution in [0.25, 0.3) is 0 Å². The molecule has 24 heavy (non-hydrogen) atoms. The maximum absolute atomic E-state index is 2.84. The molecule has 0 saturated carbocycles. The molecule has 0 atom stereocenters. The van der Waals surface area contributed by atoms with E-state index in [0.29, 0.717) is 0 Å². The highest BCUT2D eigenvalue weighted by Crippen LogP contribution is 2.53. The Morgan fingerprint density at radius 3 is 1.67 bits per heavy atom. The normalized spacial score (nSPS) is 30.7. The highest BCUT2D eigenvalue weighted by Gasteiger charge is 2.51. The van der Waals surface area contributed by atoms with Gasteiger partial charge in [-0.25, -0.2) is 0 Å². The molecule has 0 unspecified atom stereocenters. The minimum Gasteiger partial charge on any atom is -0.0924 e. The van der Waals surface area contributed by atoms with Gasteiger partial charge in [-0.15, -0.1) is 0 Å². The monoisotopic (exact) mass is 374 g/mol. The van der Waals surface area contributed by atoms with Crippen LogP contribution in [-0.4, -0.2) is 30.9 Å². The predicted molar refractivity (Wildman–Crippen MR) is 120 cm³/mol. The summed E-state index contributed by atoms with van der Waals surface area (Å²) < 4.78 is 0. The van der Waals surface area contributed by atoms with Gasteiger partial charge in [0.15, 0.2) is 6.71 Å². The second kappa shape index (κ2) is 6.12. The third-order valence-electron chi connectivity index (χ3n) is 7.12. The van der Waals surface area contributed by atoms with Gasteiger partial charge in [0, 0.05) is 0 Å². The lowest BCUT2D eigenvalue weighted by Crippen LogP contribution is -2.49. The molecule has 4 heteroatoms. The molecule has 2 saturated heterocycles. The van der Waals surface area contributed by atoms with Crippen LogP contribution in [0.3, 0.4) is 0 Å². The summed E-state index contributed by atoms with van der Waals surface area (Å²) in [5.41, 5.74) is 1.93. The van der Waals surface area contributed by atoms with E-state index < -0.39 is 24.2 Å². The lowest BCUT2D eigenvalue weighted by Gasteiger charge is -2.43. The molecule has 0 aromatic rings. The highest BCUT2D eigenvalue weighted by atomic mass is 28.4. The Balaban J connectivity index is 2.14. The molecular weight excluding hydrogens is 335 g/mol. The Morgan fingerprint density at radius 1 is 0.833 bits per heavy atom. The molecule has 3 aliphatic heterocycles. The standard InChI is InChI=1S/C20H39BSi3/c1-22(2,3)19-15-18(20(23(4,5)6)24(19,7)8)21-16-11-9-12-17(21)14-10-13-16/h15-17H,9-14H2,1-8H3. The van der Waals surface area contributed by atoms with Gasteiger partial charge in [-0.3, -0.25) is 0 Å². The van der Waals surface area contributed by atoms with Crippen molar-refractivity contribution in [3.8, 4) is 0 Å². The van der Waals surface area contributed by atoms with Gasteiger partial charge in [-0.2, -0.15) is 0 Å². The van der Waals surface area contributed by atoms with Crippen molar-refractivity contribution in [2.24, 2.45) is 0 Å². The van der Waals surface area contributed by atoms with Crippen molar-refractivity contribution in [3.05, 3.63) is 21.2 Å². The fourth-order valence-corrected chi connectivity index (χ4v) is 26.5. The van der Waals surface area contributed by atoms with E-state index in [9.17, 15) is 0 Å². The summed E-state index contributed by atoms with van der Waals surface area (Å²) in [6.07, 6.45) is 11.9. The van der Waals surface area contributed by atoms with Gasteiger partial charge in [-0.1, -0.05) is 124 Å². The maximum Gasteiger partial charge on any atom is 0.181 e. The van der Waals surface area contributed by atoms with Gasteiger partial charge < -0.3 is 0 Å². The molecule has 0 aliphatic carbocycles. The van der Waals surface area contributed by atoms with E-state index in [1.807, 2.05) is 10.3 Å². The second-order valence-corrected chi connectivity index (χ2v) is 26.7. The molecule has 134 valence electrons. The van der Waals surface area contributed by atoms with Crippen molar-refractivity contribution in [2.75, 3.05) is 0 Å². The van der Waals surface area contributed by atoms with Gasteiger partial charge in [0.25, 0.3) is 0 Å². The van der Waals surface area contributed by atoms with Crippen LogP contribution in [-0.2, 0) is 0 Å². The Kier molecular flexibility index (Phi) is 4.84. The molecule has 0 spiro atoms. The van der Waals surface area contributed by atoms with Crippen molar-refractivity contribution < 1.29 is 0 Å². The number of allylic oxidation sites excluding steroid dienone is 2. The van der Waals surface area contributed by atoms with Gasteiger partial charge in [-0.05, 0) is 0 Å². The number of hydrogen-bond donors (Lipinski definition) is 0. The Bertz CT molecular complexity index is 553. The lowest BCUT2D eigenvalue weighted by molar-refractivity contribution is 0.446. The highest BCUT2D eigenvalue weighted by molar-refractivity contribution is 7.18. The van der Waals surface area contributed by atoms with Crippen molar-refractivity contribution in [1.82, 2.24) is 0 Å². The fourth-order valence-electron chi connectivity index (χ4n) is 6.88. The molecule has 2 bridgehead atoms. The molecule has 0 nitrogen and oxygen atoms in total. The lowest BCUT2D eigenvalue weighted by atomic mass is 9.24. The summed E-state index contributed by atoms with van der Waals surface area (Å²) in [5.74, 6) is 2.03. The Hall–Kier alpha value is 0.196. The van der Waals surface area contributed by atoms with Crippen molar-refractivity contribution in [2.45, 2.75) is 103 Å². The zero-order chi connectivity index (χ0) is 17.9. The molecule has 0 aromatic heterocycles. The summed E-state index contributed by atoms with van der Waals surface area (Å²) in [5, 5.41) is 0. The first kappa shape index (κ1) is 19.0. The summed E-state index contributed by atoms with van der Waals surface area (Å²) in [6.45, 7) is 22.0. The quantitative estimate of drug-likeness (QED) is 0.471. The molecule has 2 fully saturated rings. The van der Waals surface area contributed by atoms with E-state index in [4.69, 9.17) is 0 Å². The third kappa shape index (κ3) is 3.16. The zero-order valence-corrected chi connectivity index (χ0v) is 20.6. The van der Waals surface area contributed by atoms with Gasteiger partial charge in [0.05, 0.1) is 24.2 Å². The van der Waals surface area contributed by atoms with Crippen LogP contribution in [0.2, 0.25) is 64.0 Å². The van der Waals surface area contributed by atoms with Gasteiger partial charge in [0.2, 0.25) is 0 Å². The van der Waals surface area contributed by atoms with E-state index in [1.165, 1.54) is 38.5 Å². The van der Waals surface area contributed by atoms with Crippen LogP contribution in [0.4, 0.5) is 0 Å². The van der Waals surface area contributed by atoms with Crippen LogP contribution in [0.1, 0.15) is 38.5 Å². The van der Waals surface area contributed by atoms with Crippen LogP contribution in [0.15, 0.2) is 21.2 Å². The number of fused-ring (bicyclic) bond motifs is 2. The van der Waals surface area contributed by atoms with Gasteiger partial charge in [0.1, 0.15) is 0 Å². The zero-order valence-electron chi connectivity index (χ0n) is 17.6. The summed E-state index contributed by atoms with van der Waals surface area (Å²) in [7, 11) is -3.88. The summed E-state index contributed by atoms with van der Waals surface area (Å²) >= 11 is 0. The molecule has 0 amide bonds. The Labute approximate surface area is 154 Å². The van der Waals surface area contributed by atoms with E-state index in [0.717, 1.165) is 18.3 Å². The Morgan fingerprint density at radius 2 is 1.29 bits per heavy atom. The van der Waals surface area contributed by atoms with Crippen LogP contribution in [0.5, 0.6) is 0 Å². The van der Waals surface area contributed by atoms with Crippen molar-refractivity contribution in [3.63, 3.8) is 0 Å². The third-order valence-corrected chi connectivity index (χ3v) is 21.9. The molecular formula is C20H39BSi3. The van der Waals surface area contributed by atoms with Crippen LogP contribution in [0, 0.1) is 0 Å². The number of rotatable bonds is 3. The average Bonchev–Trinajstić information content (AvgIpc) is 2.68. The van der Waals surface area contributed by atoms with Crippen LogP contribution >= 0.6 is 0 Å². The average molecular weight is 375 g/mol. The summed E-state index contributed by atoms with van der Waals surface area (Å²) in [6, 6.07) is 0. The first-order valence-corrected chi connectivity index (χ1v) is 20.4. The first-order chi connectivity index (χ1) is 10.9. The van der Waals surface area contributed by atoms with Crippen LogP contribution < -0.4 is 0 Å². The van der Waals surface area contributed by atoms with E-state index in [2.05, 4.69) is 63.3 Å². The molecule has 0 aromatic carbocycles. The second-order valence-electron chi connectivity index (χ2n) is 11.4. The van der Waals surface area contributed by atoms with Crippen molar-refractivity contribution in [1.29, 1.82) is 0 Å². The topological polar surface area (TPSA) is 0 Å². The molecule has 3 aliphatic rings. The molecule has 3 heterocycles. The minimum absolute atomic E-state index is 0.940. The SMILES string of the molecule is C[Si](C)(C)C1=CC(B2C3CCCC2CCC3)=C([Si](C)(C)C)[Si]1(C)C. The number of hydrogen-bond acceptors (Lipinski definition) is 0. The smallest absolute Gasteiger partial charge is 0.0924 e.